The summed E-state index contributed by atoms with van der Waals surface area (Å²) in [6, 6.07) is 5.69. The summed E-state index contributed by atoms with van der Waals surface area (Å²) in [6.45, 7) is 6.87. The second kappa shape index (κ2) is 8.24. The van der Waals surface area contributed by atoms with Crippen LogP contribution in [0, 0.1) is 5.92 Å². The van der Waals surface area contributed by atoms with Gasteiger partial charge in [-0.05, 0) is 24.1 Å². The molecule has 0 unspecified atom stereocenters. The molecule has 0 saturated carbocycles. The Hall–Kier alpha value is -1.95. The molecule has 0 aliphatic carbocycles. The van der Waals surface area contributed by atoms with Crippen molar-refractivity contribution in [2.24, 2.45) is 5.92 Å². The van der Waals surface area contributed by atoms with Gasteiger partial charge < -0.3 is 24.8 Å². The quantitative estimate of drug-likeness (QED) is 0.802. The van der Waals surface area contributed by atoms with Crippen LogP contribution in [0.15, 0.2) is 18.2 Å². The van der Waals surface area contributed by atoms with E-state index in [9.17, 15) is 4.79 Å². The Balaban J connectivity index is 1.88. The van der Waals surface area contributed by atoms with E-state index in [0.717, 1.165) is 25.2 Å². The van der Waals surface area contributed by atoms with E-state index in [1.54, 1.807) is 14.2 Å². The fourth-order valence-electron chi connectivity index (χ4n) is 2.70. The van der Waals surface area contributed by atoms with E-state index in [4.69, 9.17) is 14.2 Å². The van der Waals surface area contributed by atoms with Crippen molar-refractivity contribution >= 4 is 6.03 Å². The van der Waals surface area contributed by atoms with Gasteiger partial charge in [-0.2, -0.15) is 0 Å². The number of rotatable bonds is 7. The Morgan fingerprint density at radius 2 is 2.00 bits per heavy atom. The smallest absolute Gasteiger partial charge is 0.314 e. The molecular formula is C18H28N2O4. The number of hydrogen-bond donors (Lipinski definition) is 2. The topological polar surface area (TPSA) is 68.8 Å². The summed E-state index contributed by atoms with van der Waals surface area (Å²) in [4.78, 5) is 12.0. The van der Waals surface area contributed by atoms with Crippen molar-refractivity contribution in [3.05, 3.63) is 23.8 Å². The van der Waals surface area contributed by atoms with Gasteiger partial charge in [0.05, 0.1) is 20.8 Å². The van der Waals surface area contributed by atoms with E-state index < -0.39 is 0 Å². The zero-order valence-corrected chi connectivity index (χ0v) is 15.0. The molecule has 1 fully saturated rings. The van der Waals surface area contributed by atoms with Crippen LogP contribution < -0.4 is 20.1 Å². The summed E-state index contributed by atoms with van der Waals surface area (Å²) in [6.07, 6.45) is 1.01. The lowest BCUT2D eigenvalue weighted by molar-refractivity contribution is 0.185. The third-order valence-electron chi connectivity index (χ3n) is 4.43. The molecule has 0 radical (unpaired) electrons. The molecule has 2 N–H and O–H groups in total. The maximum Gasteiger partial charge on any atom is 0.314 e. The molecule has 2 amide bonds. The summed E-state index contributed by atoms with van der Waals surface area (Å²) < 4.78 is 15.9. The number of hydrogen-bond acceptors (Lipinski definition) is 4. The van der Waals surface area contributed by atoms with E-state index in [0.29, 0.717) is 30.5 Å². The van der Waals surface area contributed by atoms with Crippen molar-refractivity contribution < 1.29 is 19.0 Å². The van der Waals surface area contributed by atoms with Crippen molar-refractivity contribution in [3.63, 3.8) is 0 Å². The normalized spacial score (nSPS) is 17.4. The Kier molecular flexibility index (Phi) is 6.31. The predicted octanol–water partition coefficient (Wildman–Crippen LogP) is 2.32. The summed E-state index contributed by atoms with van der Waals surface area (Å²) in [5.74, 6) is 1.81. The first-order valence-corrected chi connectivity index (χ1v) is 8.28. The number of carbonyl (C=O) groups excluding carboxylic acids is 1. The monoisotopic (exact) mass is 336 g/mol. The van der Waals surface area contributed by atoms with Gasteiger partial charge in [-0.15, -0.1) is 0 Å². The molecule has 1 saturated heterocycles. The van der Waals surface area contributed by atoms with E-state index in [2.05, 4.69) is 24.5 Å². The van der Waals surface area contributed by atoms with Gasteiger partial charge in [0.2, 0.25) is 0 Å². The van der Waals surface area contributed by atoms with Gasteiger partial charge in [0.15, 0.2) is 11.5 Å². The molecule has 0 spiro atoms. The van der Waals surface area contributed by atoms with Crippen molar-refractivity contribution in [3.8, 4) is 11.5 Å². The molecule has 0 aromatic heterocycles. The number of ether oxygens (including phenoxy) is 3. The van der Waals surface area contributed by atoms with Crippen molar-refractivity contribution in [2.45, 2.75) is 25.7 Å². The molecule has 6 heteroatoms. The van der Waals surface area contributed by atoms with Gasteiger partial charge in [-0.1, -0.05) is 19.9 Å². The highest BCUT2D eigenvalue weighted by Gasteiger charge is 2.23. The Morgan fingerprint density at radius 1 is 1.25 bits per heavy atom. The zero-order chi connectivity index (χ0) is 17.6. The maximum atomic E-state index is 12.0. The molecule has 1 aromatic carbocycles. The molecule has 6 nitrogen and oxygen atoms in total. The molecular weight excluding hydrogens is 308 g/mol. The van der Waals surface area contributed by atoms with E-state index in [1.165, 1.54) is 0 Å². The molecule has 1 aromatic rings. The zero-order valence-electron chi connectivity index (χ0n) is 15.0. The molecule has 134 valence electrons. The van der Waals surface area contributed by atoms with Crippen molar-refractivity contribution in [1.29, 1.82) is 0 Å². The van der Waals surface area contributed by atoms with E-state index in [-0.39, 0.29) is 11.4 Å². The number of urea groups is 1. The van der Waals surface area contributed by atoms with E-state index in [1.807, 2.05) is 18.2 Å². The molecule has 0 bridgehead atoms. The highest BCUT2D eigenvalue weighted by Crippen LogP contribution is 2.32. The molecule has 1 aliphatic rings. The van der Waals surface area contributed by atoms with Gasteiger partial charge in [-0.3, -0.25) is 0 Å². The first-order chi connectivity index (χ1) is 11.5. The van der Waals surface area contributed by atoms with Crippen LogP contribution >= 0.6 is 0 Å². The van der Waals surface area contributed by atoms with Crippen LogP contribution in [-0.2, 0) is 10.2 Å². The van der Waals surface area contributed by atoms with Crippen LogP contribution in [0.2, 0.25) is 0 Å². The number of nitrogens with one attached hydrogen (secondary N) is 2. The second-order valence-corrected chi connectivity index (χ2v) is 6.75. The number of carbonyl (C=O) groups is 1. The van der Waals surface area contributed by atoms with Crippen molar-refractivity contribution in [2.75, 3.05) is 40.5 Å². The SMILES string of the molecule is COc1ccc(C(C)(C)CNC(=O)NC[C@H]2CCOC2)cc1OC. The fourth-order valence-corrected chi connectivity index (χ4v) is 2.70. The standard InChI is InChI=1S/C18H28N2O4/c1-18(2,14-5-6-15(22-3)16(9-14)23-4)12-20-17(21)19-10-13-7-8-24-11-13/h5-6,9,13H,7-8,10-12H2,1-4H3,(H2,19,20,21)/t13-/m1/s1. The molecule has 24 heavy (non-hydrogen) atoms. The Labute approximate surface area is 143 Å². The highest BCUT2D eigenvalue weighted by atomic mass is 16.5. The van der Waals surface area contributed by atoms with E-state index >= 15 is 0 Å². The van der Waals surface area contributed by atoms with Gasteiger partial charge in [0.1, 0.15) is 0 Å². The number of amides is 2. The summed E-state index contributed by atoms with van der Waals surface area (Å²) in [5.41, 5.74) is 0.845. The van der Waals surface area contributed by atoms with Crippen LogP contribution in [0.1, 0.15) is 25.8 Å². The molecule has 2 rings (SSSR count). The summed E-state index contributed by atoms with van der Waals surface area (Å²) in [7, 11) is 3.23. The summed E-state index contributed by atoms with van der Waals surface area (Å²) >= 11 is 0. The minimum atomic E-state index is -0.229. The minimum Gasteiger partial charge on any atom is -0.493 e. The number of benzene rings is 1. The summed E-state index contributed by atoms with van der Waals surface area (Å²) in [5, 5.41) is 5.86. The van der Waals surface area contributed by atoms with Gasteiger partial charge in [-0.25, -0.2) is 4.79 Å². The number of methoxy groups -OCH3 is 2. The largest absolute Gasteiger partial charge is 0.493 e. The average molecular weight is 336 g/mol. The lowest BCUT2D eigenvalue weighted by Crippen LogP contribution is -2.43. The van der Waals surface area contributed by atoms with Crippen LogP contribution in [0.25, 0.3) is 0 Å². The Morgan fingerprint density at radius 3 is 2.62 bits per heavy atom. The van der Waals surface area contributed by atoms with Gasteiger partial charge >= 0.3 is 6.03 Å². The van der Waals surface area contributed by atoms with Crippen LogP contribution in [0.4, 0.5) is 4.79 Å². The average Bonchev–Trinajstić information content (AvgIpc) is 3.11. The maximum absolute atomic E-state index is 12.0. The minimum absolute atomic E-state index is 0.143. The third kappa shape index (κ3) is 4.77. The third-order valence-corrected chi connectivity index (χ3v) is 4.43. The van der Waals surface area contributed by atoms with Crippen molar-refractivity contribution in [1.82, 2.24) is 10.6 Å². The second-order valence-electron chi connectivity index (χ2n) is 6.75. The molecule has 1 atom stereocenters. The van der Waals surface area contributed by atoms with Crippen LogP contribution in [-0.4, -0.2) is 46.6 Å². The first-order valence-electron chi connectivity index (χ1n) is 8.28. The lowest BCUT2D eigenvalue weighted by Gasteiger charge is -2.26. The molecule has 1 aliphatic heterocycles. The van der Waals surface area contributed by atoms with Gasteiger partial charge in [0.25, 0.3) is 0 Å². The Bertz CT molecular complexity index is 554. The van der Waals surface area contributed by atoms with Crippen LogP contribution in [0.3, 0.4) is 0 Å². The van der Waals surface area contributed by atoms with Gasteiger partial charge in [0, 0.05) is 31.0 Å². The highest BCUT2D eigenvalue weighted by molar-refractivity contribution is 5.74. The lowest BCUT2D eigenvalue weighted by atomic mass is 9.84. The predicted molar refractivity (Wildman–Crippen MR) is 92.9 cm³/mol. The molecule has 1 heterocycles. The fraction of sp³-hybridized carbons (Fsp3) is 0.611. The first kappa shape index (κ1) is 18.4. The van der Waals surface area contributed by atoms with Crippen LogP contribution in [0.5, 0.6) is 11.5 Å².